The minimum absolute atomic E-state index is 0.0885. The second-order valence-corrected chi connectivity index (χ2v) is 10.3. The fraction of sp³-hybridized carbons (Fsp3) is 0.333. The average molecular weight is 575 g/mol. The van der Waals surface area contributed by atoms with Crippen molar-refractivity contribution in [3.8, 4) is 24.3 Å². The predicted molar refractivity (Wildman–Crippen MR) is 168 cm³/mol. The quantitative estimate of drug-likeness (QED) is 0.157. The van der Waals surface area contributed by atoms with Gasteiger partial charge in [0.1, 0.15) is 0 Å². The Morgan fingerprint density at radius 3 is 1.89 bits per heavy atom. The summed E-state index contributed by atoms with van der Waals surface area (Å²) in [6.45, 7) is 35.7. The lowest BCUT2D eigenvalue weighted by Crippen LogP contribution is -2.04. The Hall–Kier alpha value is -6.16. The SMILES string of the molecule is [C-]#[N+]/C(C#N)=C(C)\C(Cc1cc(C=CC2CCCC2)c(C(=C(\C#N)[N+]#[C-])/C(CCCC)=C(\C#N)[N+]#[C-])cc1C)=C(/C#N)[N+]#[C-]. The van der Waals surface area contributed by atoms with E-state index >= 15 is 0 Å². The van der Waals surface area contributed by atoms with Crippen LogP contribution in [0.15, 0.2) is 57.7 Å². The van der Waals surface area contributed by atoms with Crippen LogP contribution in [0, 0.1) is 84.5 Å². The van der Waals surface area contributed by atoms with Crippen molar-refractivity contribution in [2.45, 2.75) is 72.1 Å². The lowest BCUT2D eigenvalue weighted by Gasteiger charge is -2.20. The van der Waals surface area contributed by atoms with E-state index in [1.807, 2.05) is 56.3 Å². The van der Waals surface area contributed by atoms with Crippen molar-refractivity contribution in [2.24, 2.45) is 5.92 Å². The number of aryl methyl sites for hydroxylation is 1. The molecule has 1 aliphatic carbocycles. The molecule has 1 aliphatic rings. The molecule has 0 aromatic heterocycles. The summed E-state index contributed by atoms with van der Waals surface area (Å²) in [5.41, 5.74) is 2.97. The molecule has 0 unspecified atom stereocenters. The average Bonchev–Trinajstić information content (AvgIpc) is 3.56. The van der Waals surface area contributed by atoms with Crippen molar-refractivity contribution in [1.29, 1.82) is 21.0 Å². The van der Waals surface area contributed by atoms with Gasteiger partial charge in [-0.15, -0.1) is 0 Å². The third-order valence-corrected chi connectivity index (χ3v) is 7.66. The zero-order valence-corrected chi connectivity index (χ0v) is 25.1. The van der Waals surface area contributed by atoms with Gasteiger partial charge in [0.15, 0.2) is 0 Å². The molecule has 44 heavy (non-hydrogen) atoms. The molecule has 2 rings (SSSR count). The molecule has 0 aliphatic heterocycles. The number of hydrogen-bond donors (Lipinski definition) is 0. The monoisotopic (exact) mass is 574 g/mol. The molecule has 1 aromatic rings. The van der Waals surface area contributed by atoms with Crippen molar-refractivity contribution in [1.82, 2.24) is 0 Å². The molecular weight excluding hydrogens is 544 g/mol. The molecule has 0 amide bonds. The second kappa shape index (κ2) is 16.9. The maximum atomic E-state index is 10.0. The Balaban J connectivity index is 3.05. The second-order valence-electron chi connectivity index (χ2n) is 10.3. The van der Waals surface area contributed by atoms with Crippen LogP contribution < -0.4 is 0 Å². The van der Waals surface area contributed by atoms with Gasteiger partial charge < -0.3 is 0 Å². The first kappa shape index (κ1) is 34.0. The Morgan fingerprint density at radius 1 is 0.841 bits per heavy atom. The summed E-state index contributed by atoms with van der Waals surface area (Å²) in [6.07, 6.45) is 10.2. The summed E-state index contributed by atoms with van der Waals surface area (Å²) >= 11 is 0. The van der Waals surface area contributed by atoms with Crippen LogP contribution in [0.1, 0.15) is 81.0 Å². The molecule has 1 fully saturated rings. The minimum atomic E-state index is -0.218. The van der Waals surface area contributed by atoms with Gasteiger partial charge in [-0.05, 0) is 90.0 Å². The summed E-state index contributed by atoms with van der Waals surface area (Å²) in [5, 5.41) is 39.1. The van der Waals surface area contributed by atoms with Crippen LogP contribution in [0.4, 0.5) is 0 Å². The first-order chi connectivity index (χ1) is 21.3. The van der Waals surface area contributed by atoms with Gasteiger partial charge in [-0.1, -0.05) is 56.9 Å². The minimum Gasteiger partial charge on any atom is -0.226 e. The molecule has 0 N–H and O–H groups in total. The summed E-state index contributed by atoms with van der Waals surface area (Å²) in [6, 6.07) is 11.4. The predicted octanol–water partition coefficient (Wildman–Crippen LogP) is 9.20. The molecule has 0 bridgehead atoms. The van der Waals surface area contributed by atoms with Crippen LogP contribution in [-0.2, 0) is 6.42 Å². The standard InChI is InChI=1S/C36H30N8/c1-8-9-14-29(33(21-38)42-5)36(35(23-40)44-7)31-17-24(2)28(18-27(31)16-15-26-12-10-11-13-26)19-30(34(22-39)43-6)25(3)32(20-37)41-4/h15-18,26H,8-14,19H2,1-3H3/b16-15?,32-25-,33-29+,34-30+,36-35+. The van der Waals surface area contributed by atoms with E-state index in [4.69, 9.17) is 26.3 Å². The molecule has 0 radical (unpaired) electrons. The summed E-state index contributed by atoms with van der Waals surface area (Å²) < 4.78 is 0. The number of benzene rings is 1. The van der Waals surface area contributed by atoms with Crippen LogP contribution in [0.3, 0.4) is 0 Å². The lowest BCUT2D eigenvalue weighted by atomic mass is 9.84. The van der Waals surface area contributed by atoms with Gasteiger partial charge in [0.2, 0.25) is 0 Å². The first-order valence-corrected chi connectivity index (χ1v) is 14.1. The van der Waals surface area contributed by atoms with Gasteiger partial charge in [-0.25, -0.2) is 40.4 Å². The van der Waals surface area contributed by atoms with Crippen LogP contribution in [-0.4, -0.2) is 0 Å². The van der Waals surface area contributed by atoms with Gasteiger partial charge in [0.05, 0.1) is 50.6 Å². The number of nitriles is 4. The number of hydrogen-bond acceptors (Lipinski definition) is 4. The number of nitrogens with zero attached hydrogens (tertiary/aromatic N) is 8. The molecule has 1 saturated carbocycles. The van der Waals surface area contributed by atoms with Crippen molar-refractivity contribution >= 4 is 11.6 Å². The van der Waals surface area contributed by atoms with Gasteiger partial charge in [0.25, 0.3) is 22.8 Å². The van der Waals surface area contributed by atoms with E-state index in [9.17, 15) is 21.0 Å². The van der Waals surface area contributed by atoms with Crippen LogP contribution in [0.5, 0.6) is 0 Å². The topological polar surface area (TPSA) is 113 Å². The smallest absolute Gasteiger partial charge is 0.226 e. The van der Waals surface area contributed by atoms with Crippen molar-refractivity contribution in [3.05, 3.63) is 126 Å². The van der Waals surface area contributed by atoms with Gasteiger partial charge >= 0.3 is 0 Å². The molecule has 8 heteroatoms. The Morgan fingerprint density at radius 2 is 1.39 bits per heavy atom. The van der Waals surface area contributed by atoms with Crippen molar-refractivity contribution in [2.75, 3.05) is 0 Å². The van der Waals surface area contributed by atoms with Crippen LogP contribution in [0.2, 0.25) is 0 Å². The Labute approximate surface area is 260 Å². The van der Waals surface area contributed by atoms with Crippen molar-refractivity contribution in [3.63, 3.8) is 0 Å². The fourth-order valence-electron chi connectivity index (χ4n) is 5.23. The van der Waals surface area contributed by atoms with Gasteiger partial charge in [-0.3, -0.25) is 0 Å². The third kappa shape index (κ3) is 7.98. The number of unbranched alkanes of at least 4 members (excludes halogenated alkanes) is 1. The molecule has 0 atom stereocenters. The highest BCUT2D eigenvalue weighted by atomic mass is 14.7. The Kier molecular flexibility index (Phi) is 13.1. The highest BCUT2D eigenvalue weighted by Crippen LogP contribution is 2.38. The highest BCUT2D eigenvalue weighted by Gasteiger charge is 2.23. The molecule has 0 heterocycles. The zero-order valence-electron chi connectivity index (χ0n) is 25.1. The van der Waals surface area contributed by atoms with Crippen molar-refractivity contribution < 1.29 is 0 Å². The van der Waals surface area contributed by atoms with E-state index in [-0.39, 0.29) is 45.9 Å². The lowest BCUT2D eigenvalue weighted by molar-refractivity contribution is 0.689. The summed E-state index contributed by atoms with van der Waals surface area (Å²) in [7, 11) is 0. The Bertz CT molecular complexity index is 1750. The maximum absolute atomic E-state index is 10.0. The van der Waals surface area contributed by atoms with Gasteiger partial charge in [0, 0.05) is 0 Å². The molecule has 0 saturated heterocycles. The summed E-state index contributed by atoms with van der Waals surface area (Å²) in [4.78, 5) is 13.6. The van der Waals surface area contributed by atoms with E-state index in [0.29, 0.717) is 41.0 Å². The zero-order chi connectivity index (χ0) is 32.6. The third-order valence-electron chi connectivity index (χ3n) is 7.66. The van der Waals surface area contributed by atoms with E-state index in [0.717, 1.165) is 37.7 Å². The fourth-order valence-corrected chi connectivity index (χ4v) is 5.23. The van der Waals surface area contributed by atoms with E-state index in [2.05, 4.69) is 25.5 Å². The largest absolute Gasteiger partial charge is 0.268 e. The maximum Gasteiger partial charge on any atom is 0.268 e. The van der Waals surface area contributed by atoms with Crippen LogP contribution >= 0.6 is 0 Å². The van der Waals surface area contributed by atoms with E-state index in [1.54, 1.807) is 6.92 Å². The molecule has 8 nitrogen and oxygen atoms in total. The van der Waals surface area contributed by atoms with Gasteiger partial charge in [-0.2, -0.15) is 0 Å². The number of allylic oxidation sites excluding steroid dienone is 9. The molecule has 0 spiro atoms. The van der Waals surface area contributed by atoms with E-state index in [1.165, 1.54) is 0 Å². The summed E-state index contributed by atoms with van der Waals surface area (Å²) in [5.74, 6) is 0.356. The molecule has 214 valence electrons. The first-order valence-electron chi connectivity index (χ1n) is 14.1. The molecular formula is C36H30N8. The van der Waals surface area contributed by atoms with E-state index < -0.39 is 0 Å². The van der Waals surface area contributed by atoms with Crippen LogP contribution in [0.25, 0.3) is 31.0 Å². The normalized spacial score (nSPS) is 14.9. The molecule has 1 aromatic carbocycles. The number of rotatable bonds is 10. The highest BCUT2D eigenvalue weighted by molar-refractivity contribution is 5.90.